The van der Waals surface area contributed by atoms with Crippen molar-refractivity contribution in [3.05, 3.63) is 34.9 Å². The van der Waals surface area contributed by atoms with Crippen LogP contribution in [0.25, 0.3) is 0 Å². The average molecular weight is 316 g/mol. The molecule has 0 aliphatic heterocycles. The Balaban J connectivity index is 2.19. The van der Waals surface area contributed by atoms with Crippen LogP contribution < -0.4 is 0 Å². The zero-order valence-corrected chi connectivity index (χ0v) is 15.4. The van der Waals surface area contributed by atoms with Crippen molar-refractivity contribution in [1.29, 1.82) is 0 Å². The maximum absolute atomic E-state index is 12.1. The summed E-state index contributed by atoms with van der Waals surface area (Å²) in [7, 11) is 0. The standard InChI is InChI=1S/C21H32O2/c1-14-7-6-8-15(2)12-19(22)20(23)13-16(3)11-18-17(10-9-14)21(18,4)5/h7,11-12,17-18,20,23H,6,8-10,13H2,1-5H3/t17-,18+,20-/m0/s1. The fourth-order valence-corrected chi connectivity index (χ4v) is 3.89. The van der Waals surface area contributed by atoms with Gasteiger partial charge in [0.2, 0.25) is 0 Å². The van der Waals surface area contributed by atoms with Gasteiger partial charge < -0.3 is 5.11 Å². The zero-order chi connectivity index (χ0) is 17.2. The molecular weight excluding hydrogens is 284 g/mol. The number of carbonyl (C=O) groups is 1. The lowest BCUT2D eigenvalue weighted by Gasteiger charge is -2.09. The van der Waals surface area contributed by atoms with Gasteiger partial charge in [0, 0.05) is 6.42 Å². The second-order valence-electron chi connectivity index (χ2n) is 8.21. The highest BCUT2D eigenvalue weighted by atomic mass is 16.3. The highest BCUT2D eigenvalue weighted by Crippen LogP contribution is 2.61. The number of allylic oxidation sites excluding steroid dienone is 4. The highest BCUT2D eigenvalue weighted by molar-refractivity contribution is 5.94. The summed E-state index contributed by atoms with van der Waals surface area (Å²) in [4.78, 5) is 12.1. The van der Waals surface area contributed by atoms with E-state index in [1.807, 2.05) is 13.8 Å². The highest BCUT2D eigenvalue weighted by Gasteiger charge is 2.55. The first-order chi connectivity index (χ1) is 10.7. The third-order valence-electron chi connectivity index (χ3n) is 5.72. The number of carbonyl (C=O) groups excluding carboxylic acids is 1. The van der Waals surface area contributed by atoms with Gasteiger partial charge in [-0.15, -0.1) is 0 Å². The van der Waals surface area contributed by atoms with Crippen molar-refractivity contribution in [2.45, 2.75) is 72.8 Å². The van der Waals surface area contributed by atoms with Crippen LogP contribution in [0.1, 0.15) is 66.7 Å². The van der Waals surface area contributed by atoms with Crippen LogP contribution in [0.5, 0.6) is 0 Å². The molecule has 1 N–H and O–H groups in total. The van der Waals surface area contributed by atoms with Gasteiger partial charge in [-0.2, -0.15) is 0 Å². The summed E-state index contributed by atoms with van der Waals surface area (Å²) < 4.78 is 0. The van der Waals surface area contributed by atoms with Crippen LogP contribution in [-0.4, -0.2) is 17.0 Å². The molecule has 2 nitrogen and oxygen atoms in total. The lowest BCUT2D eigenvalue weighted by molar-refractivity contribution is -0.122. The van der Waals surface area contributed by atoms with Gasteiger partial charge in [-0.1, -0.05) is 42.7 Å². The maximum Gasteiger partial charge on any atom is 0.184 e. The summed E-state index contributed by atoms with van der Waals surface area (Å²) in [5.74, 6) is 1.15. The van der Waals surface area contributed by atoms with E-state index in [1.54, 1.807) is 6.08 Å². The monoisotopic (exact) mass is 316 g/mol. The van der Waals surface area contributed by atoms with Gasteiger partial charge in [-0.25, -0.2) is 0 Å². The molecule has 0 aromatic carbocycles. The van der Waals surface area contributed by atoms with Gasteiger partial charge in [-0.3, -0.25) is 4.79 Å². The molecular formula is C21H32O2. The number of aliphatic hydroxyl groups excluding tert-OH is 1. The van der Waals surface area contributed by atoms with Crippen molar-refractivity contribution in [2.24, 2.45) is 17.3 Å². The first kappa shape index (κ1) is 18.2. The quantitative estimate of drug-likeness (QED) is 0.639. The largest absolute Gasteiger partial charge is 0.385 e. The number of aliphatic hydroxyl groups is 1. The van der Waals surface area contributed by atoms with Gasteiger partial charge in [0.25, 0.3) is 0 Å². The number of rotatable bonds is 0. The molecule has 0 spiro atoms. The van der Waals surface area contributed by atoms with Crippen molar-refractivity contribution in [3.8, 4) is 0 Å². The fourth-order valence-electron chi connectivity index (χ4n) is 3.89. The Morgan fingerprint density at radius 3 is 2.48 bits per heavy atom. The van der Waals surface area contributed by atoms with Crippen LogP contribution in [0.3, 0.4) is 0 Å². The molecule has 0 aromatic heterocycles. The van der Waals surface area contributed by atoms with E-state index in [0.717, 1.165) is 29.9 Å². The minimum Gasteiger partial charge on any atom is -0.385 e. The summed E-state index contributed by atoms with van der Waals surface area (Å²) in [5.41, 5.74) is 4.00. The van der Waals surface area contributed by atoms with E-state index in [0.29, 0.717) is 17.8 Å². The molecule has 0 amide bonds. The SMILES string of the molecule is CC1=CC(=O)[C@@H](O)CC(C)=C[C@@H]2[C@H](CCC(C)=CCC1)C2(C)C. The molecule has 1 saturated carbocycles. The Kier molecular flexibility index (Phi) is 5.67. The molecule has 1 fully saturated rings. The molecule has 0 unspecified atom stereocenters. The third-order valence-corrected chi connectivity index (χ3v) is 5.72. The van der Waals surface area contributed by atoms with E-state index >= 15 is 0 Å². The normalized spacial score (nSPS) is 32.7. The summed E-state index contributed by atoms with van der Waals surface area (Å²) in [6, 6.07) is 0. The molecule has 3 atom stereocenters. The summed E-state index contributed by atoms with van der Waals surface area (Å²) >= 11 is 0. The van der Waals surface area contributed by atoms with Crippen LogP contribution in [0, 0.1) is 17.3 Å². The van der Waals surface area contributed by atoms with Crippen molar-refractivity contribution in [1.82, 2.24) is 0 Å². The van der Waals surface area contributed by atoms with Crippen molar-refractivity contribution in [3.63, 3.8) is 0 Å². The van der Waals surface area contributed by atoms with Crippen molar-refractivity contribution >= 4 is 5.78 Å². The minimum absolute atomic E-state index is 0.155. The zero-order valence-electron chi connectivity index (χ0n) is 15.4. The second kappa shape index (κ2) is 7.17. The Morgan fingerprint density at radius 1 is 1.09 bits per heavy atom. The smallest absolute Gasteiger partial charge is 0.184 e. The molecule has 2 aliphatic carbocycles. The van der Waals surface area contributed by atoms with E-state index in [4.69, 9.17) is 0 Å². The van der Waals surface area contributed by atoms with E-state index in [2.05, 4.69) is 32.9 Å². The molecule has 0 bridgehead atoms. The fraction of sp³-hybridized carbons (Fsp3) is 0.667. The summed E-state index contributed by atoms with van der Waals surface area (Å²) in [5, 5.41) is 10.2. The topological polar surface area (TPSA) is 37.3 Å². The summed E-state index contributed by atoms with van der Waals surface area (Å²) in [6.45, 7) is 10.9. The lowest BCUT2D eigenvalue weighted by Crippen LogP contribution is -2.18. The minimum atomic E-state index is -0.899. The molecule has 0 aromatic rings. The Bertz CT molecular complexity index is 548. The van der Waals surface area contributed by atoms with Gasteiger partial charge in [-0.05, 0) is 69.8 Å². The predicted octanol–water partition coefficient (Wildman–Crippen LogP) is 4.99. The maximum atomic E-state index is 12.1. The molecule has 2 rings (SSSR count). The first-order valence-corrected chi connectivity index (χ1v) is 8.94. The summed E-state index contributed by atoms with van der Waals surface area (Å²) in [6.07, 6.45) is 10.1. The molecule has 0 radical (unpaired) electrons. The van der Waals surface area contributed by atoms with Crippen LogP contribution in [0.15, 0.2) is 34.9 Å². The van der Waals surface area contributed by atoms with E-state index in [-0.39, 0.29) is 5.78 Å². The van der Waals surface area contributed by atoms with E-state index in [1.165, 1.54) is 18.4 Å². The van der Waals surface area contributed by atoms with Crippen LogP contribution in [0.2, 0.25) is 0 Å². The number of hydrogen-bond acceptors (Lipinski definition) is 2. The Hall–Kier alpha value is -1.15. The van der Waals surface area contributed by atoms with Crippen molar-refractivity contribution < 1.29 is 9.90 Å². The first-order valence-electron chi connectivity index (χ1n) is 8.94. The van der Waals surface area contributed by atoms with Crippen molar-refractivity contribution in [2.75, 3.05) is 0 Å². The predicted molar refractivity (Wildman–Crippen MR) is 96.1 cm³/mol. The molecule has 0 heterocycles. The van der Waals surface area contributed by atoms with Crippen LogP contribution in [0.4, 0.5) is 0 Å². The van der Waals surface area contributed by atoms with Crippen LogP contribution in [-0.2, 0) is 4.79 Å². The number of fused-ring (bicyclic) bond motifs is 1. The third kappa shape index (κ3) is 4.67. The Morgan fingerprint density at radius 2 is 1.78 bits per heavy atom. The average Bonchev–Trinajstić information content (AvgIpc) is 2.95. The molecule has 2 heteroatoms. The molecule has 2 aliphatic rings. The molecule has 23 heavy (non-hydrogen) atoms. The van der Waals surface area contributed by atoms with Gasteiger partial charge >= 0.3 is 0 Å². The van der Waals surface area contributed by atoms with Gasteiger partial charge in [0.1, 0.15) is 6.10 Å². The number of hydrogen-bond donors (Lipinski definition) is 1. The Labute approximate surface area is 141 Å². The van der Waals surface area contributed by atoms with Gasteiger partial charge in [0.05, 0.1) is 0 Å². The van der Waals surface area contributed by atoms with E-state index in [9.17, 15) is 9.90 Å². The molecule has 0 saturated heterocycles. The number of ketones is 1. The molecule has 128 valence electrons. The lowest BCUT2D eigenvalue weighted by atomic mass is 10.00. The van der Waals surface area contributed by atoms with Gasteiger partial charge in [0.15, 0.2) is 5.78 Å². The second-order valence-corrected chi connectivity index (χ2v) is 8.21. The van der Waals surface area contributed by atoms with E-state index < -0.39 is 6.10 Å². The van der Waals surface area contributed by atoms with Crippen LogP contribution >= 0.6 is 0 Å².